The van der Waals surface area contributed by atoms with Crippen LogP contribution in [0, 0.1) is 0 Å². The molecule has 0 radical (unpaired) electrons. The molecule has 0 aromatic rings. The second-order valence-electron chi connectivity index (χ2n) is 2.92. The fourth-order valence-corrected chi connectivity index (χ4v) is 0.936. The van der Waals surface area contributed by atoms with Crippen LogP contribution in [-0.2, 0) is 9.53 Å². The molecule has 0 aromatic heterocycles. The highest BCUT2D eigenvalue weighted by molar-refractivity contribution is 5.78. The first-order chi connectivity index (χ1) is 5.22. The summed E-state index contributed by atoms with van der Waals surface area (Å²) in [4.78, 5) is 10.9. The Morgan fingerprint density at radius 1 is 1.73 bits per heavy atom. The monoisotopic (exact) mass is 159 g/mol. The lowest BCUT2D eigenvalue weighted by Crippen LogP contribution is -2.41. The van der Waals surface area contributed by atoms with Crippen LogP contribution in [0.2, 0.25) is 0 Å². The van der Waals surface area contributed by atoms with E-state index in [0.717, 1.165) is 12.8 Å². The van der Waals surface area contributed by atoms with Crippen LogP contribution in [0.25, 0.3) is 0 Å². The molecule has 0 aliphatic heterocycles. The molecular weight excluding hydrogens is 146 g/mol. The minimum Gasteiger partial charge on any atom is -0.394 e. The van der Waals surface area contributed by atoms with Crippen molar-refractivity contribution >= 4 is 5.91 Å². The van der Waals surface area contributed by atoms with Gasteiger partial charge in [0.25, 0.3) is 0 Å². The van der Waals surface area contributed by atoms with E-state index < -0.39 is 0 Å². The van der Waals surface area contributed by atoms with Gasteiger partial charge >= 0.3 is 0 Å². The summed E-state index contributed by atoms with van der Waals surface area (Å²) in [6.45, 7) is 0.101. The average Bonchev–Trinajstić information content (AvgIpc) is 2.70. The Labute approximate surface area is 65.5 Å². The van der Waals surface area contributed by atoms with Gasteiger partial charge in [0.1, 0.15) is 6.61 Å². The number of hydrogen-bond donors (Lipinski definition) is 2. The van der Waals surface area contributed by atoms with E-state index in [0.29, 0.717) is 0 Å². The van der Waals surface area contributed by atoms with Crippen molar-refractivity contribution in [1.29, 1.82) is 0 Å². The van der Waals surface area contributed by atoms with Crippen molar-refractivity contribution in [2.45, 2.75) is 18.4 Å². The highest BCUT2D eigenvalue weighted by atomic mass is 16.5. The zero-order valence-electron chi connectivity index (χ0n) is 6.59. The number of carbonyl (C=O) groups excluding carboxylic acids is 1. The first-order valence-electron chi connectivity index (χ1n) is 3.63. The predicted molar refractivity (Wildman–Crippen MR) is 39.1 cm³/mol. The van der Waals surface area contributed by atoms with Gasteiger partial charge in [0.05, 0.1) is 12.1 Å². The molecule has 0 atom stereocenters. The van der Waals surface area contributed by atoms with E-state index in [4.69, 9.17) is 5.11 Å². The van der Waals surface area contributed by atoms with Crippen molar-refractivity contribution < 1.29 is 14.6 Å². The van der Waals surface area contributed by atoms with Crippen LogP contribution in [0.4, 0.5) is 0 Å². The minimum absolute atomic E-state index is 0.0302. The van der Waals surface area contributed by atoms with E-state index in [2.05, 4.69) is 10.1 Å². The fraction of sp³-hybridized carbons (Fsp3) is 0.857. The highest BCUT2D eigenvalue weighted by Gasteiger charge is 2.43. The van der Waals surface area contributed by atoms with Gasteiger partial charge in [-0.1, -0.05) is 0 Å². The van der Waals surface area contributed by atoms with E-state index in [1.807, 2.05) is 0 Å². The van der Waals surface area contributed by atoms with Crippen LogP contribution in [0.3, 0.4) is 0 Å². The van der Waals surface area contributed by atoms with Gasteiger partial charge in [-0.05, 0) is 12.8 Å². The molecule has 4 heteroatoms. The number of carbonyl (C=O) groups is 1. The minimum atomic E-state index is -0.310. The number of nitrogens with one attached hydrogen (secondary N) is 1. The molecule has 11 heavy (non-hydrogen) atoms. The van der Waals surface area contributed by atoms with Crippen molar-refractivity contribution in [1.82, 2.24) is 5.32 Å². The van der Waals surface area contributed by atoms with E-state index in [1.54, 1.807) is 0 Å². The van der Waals surface area contributed by atoms with Crippen LogP contribution >= 0.6 is 0 Å². The Morgan fingerprint density at radius 2 is 2.36 bits per heavy atom. The molecule has 4 nitrogen and oxygen atoms in total. The van der Waals surface area contributed by atoms with Crippen molar-refractivity contribution in [3.63, 3.8) is 0 Å². The second kappa shape index (κ2) is 3.19. The van der Waals surface area contributed by atoms with Gasteiger partial charge in [0, 0.05) is 7.11 Å². The van der Waals surface area contributed by atoms with Crippen LogP contribution in [-0.4, -0.2) is 36.9 Å². The average molecular weight is 159 g/mol. The van der Waals surface area contributed by atoms with Crippen molar-refractivity contribution in [3.8, 4) is 0 Å². The smallest absolute Gasteiger partial charge is 0.246 e. The molecule has 0 aromatic carbocycles. The summed E-state index contributed by atoms with van der Waals surface area (Å²) in [6, 6.07) is 0. The van der Waals surface area contributed by atoms with Gasteiger partial charge in [0.15, 0.2) is 0 Å². The summed E-state index contributed by atoms with van der Waals surface area (Å²) in [5.41, 5.74) is -0.310. The third-order valence-corrected chi connectivity index (χ3v) is 1.84. The molecule has 0 bridgehead atoms. The molecule has 0 saturated heterocycles. The zero-order chi connectivity index (χ0) is 8.32. The molecular formula is C7H13NO3. The van der Waals surface area contributed by atoms with Crippen LogP contribution in [0.1, 0.15) is 12.8 Å². The lowest BCUT2D eigenvalue weighted by Gasteiger charge is -2.13. The second-order valence-corrected chi connectivity index (χ2v) is 2.92. The summed E-state index contributed by atoms with van der Waals surface area (Å²) in [6.07, 6.45) is 1.75. The number of rotatable bonds is 4. The Bertz CT molecular complexity index is 154. The summed E-state index contributed by atoms with van der Waals surface area (Å²) < 4.78 is 4.63. The maximum absolute atomic E-state index is 10.9. The number of aliphatic hydroxyl groups excluding tert-OH is 1. The van der Waals surface area contributed by atoms with E-state index in [-0.39, 0.29) is 24.7 Å². The number of methoxy groups -OCH3 is 1. The van der Waals surface area contributed by atoms with Gasteiger partial charge in [0.2, 0.25) is 5.91 Å². The quantitative estimate of drug-likeness (QED) is 0.568. The highest BCUT2D eigenvalue weighted by Crippen LogP contribution is 2.34. The summed E-state index contributed by atoms with van der Waals surface area (Å²) in [7, 11) is 1.47. The number of aliphatic hydroxyl groups is 1. The van der Waals surface area contributed by atoms with E-state index in [9.17, 15) is 4.79 Å². The molecule has 1 aliphatic carbocycles. The summed E-state index contributed by atoms with van der Waals surface area (Å²) in [5.74, 6) is -0.154. The predicted octanol–water partition coefficient (Wildman–Crippen LogP) is -0.726. The molecule has 1 fully saturated rings. The molecule has 1 amide bonds. The lowest BCUT2D eigenvalue weighted by atomic mass is 10.3. The topological polar surface area (TPSA) is 58.6 Å². The maximum atomic E-state index is 10.9. The van der Waals surface area contributed by atoms with Crippen molar-refractivity contribution in [2.24, 2.45) is 0 Å². The van der Waals surface area contributed by atoms with E-state index >= 15 is 0 Å². The fourth-order valence-electron chi connectivity index (χ4n) is 0.936. The van der Waals surface area contributed by atoms with Gasteiger partial charge in [-0.3, -0.25) is 4.79 Å². The van der Waals surface area contributed by atoms with Crippen LogP contribution in [0.15, 0.2) is 0 Å². The molecule has 64 valence electrons. The Balaban J connectivity index is 2.24. The lowest BCUT2D eigenvalue weighted by molar-refractivity contribution is -0.126. The molecule has 0 unspecified atom stereocenters. The first kappa shape index (κ1) is 8.49. The molecule has 1 aliphatic rings. The molecule has 0 spiro atoms. The van der Waals surface area contributed by atoms with Crippen LogP contribution < -0.4 is 5.32 Å². The maximum Gasteiger partial charge on any atom is 0.246 e. The normalized spacial score (nSPS) is 19.5. The number of ether oxygens (including phenoxy) is 1. The van der Waals surface area contributed by atoms with Gasteiger partial charge in [-0.25, -0.2) is 0 Å². The Hall–Kier alpha value is -0.610. The Morgan fingerprint density at radius 3 is 2.73 bits per heavy atom. The first-order valence-corrected chi connectivity index (χ1v) is 3.63. The van der Waals surface area contributed by atoms with E-state index in [1.165, 1.54) is 7.11 Å². The van der Waals surface area contributed by atoms with Gasteiger partial charge in [-0.2, -0.15) is 0 Å². The third-order valence-electron chi connectivity index (χ3n) is 1.84. The molecule has 0 heterocycles. The Kier molecular flexibility index (Phi) is 2.46. The van der Waals surface area contributed by atoms with Crippen LogP contribution in [0.5, 0.6) is 0 Å². The zero-order valence-corrected chi connectivity index (χ0v) is 6.59. The van der Waals surface area contributed by atoms with Gasteiger partial charge in [-0.15, -0.1) is 0 Å². The standard InChI is InChI=1S/C7H13NO3/c1-11-4-6(10)8-7(5-9)2-3-7/h9H,2-5H2,1H3,(H,8,10). The SMILES string of the molecule is COCC(=O)NC1(CO)CC1. The molecule has 1 saturated carbocycles. The number of amides is 1. The summed E-state index contributed by atoms with van der Waals surface area (Å²) >= 11 is 0. The van der Waals surface area contributed by atoms with Gasteiger partial charge < -0.3 is 15.2 Å². The number of hydrogen-bond acceptors (Lipinski definition) is 3. The molecule has 2 N–H and O–H groups in total. The van der Waals surface area contributed by atoms with Crippen molar-refractivity contribution in [2.75, 3.05) is 20.3 Å². The molecule has 1 rings (SSSR count). The largest absolute Gasteiger partial charge is 0.394 e. The summed E-state index contributed by atoms with van der Waals surface area (Å²) in [5, 5.41) is 11.5. The third kappa shape index (κ3) is 2.17. The van der Waals surface area contributed by atoms with Crippen molar-refractivity contribution in [3.05, 3.63) is 0 Å².